The van der Waals surface area contributed by atoms with E-state index >= 15 is 0 Å². The van der Waals surface area contributed by atoms with Gasteiger partial charge >= 0.3 is 5.97 Å². The molecule has 0 spiro atoms. The van der Waals surface area contributed by atoms with Crippen LogP contribution in [0.2, 0.25) is 0 Å². The number of hydrogen-bond donors (Lipinski definition) is 1. The lowest BCUT2D eigenvalue weighted by Crippen LogP contribution is -2.29. The van der Waals surface area contributed by atoms with Gasteiger partial charge in [-0.1, -0.05) is 19.1 Å². The van der Waals surface area contributed by atoms with Crippen LogP contribution >= 0.6 is 0 Å². The molecule has 0 aliphatic heterocycles. The van der Waals surface area contributed by atoms with E-state index in [1.165, 1.54) is 5.56 Å². The van der Waals surface area contributed by atoms with Gasteiger partial charge in [0.25, 0.3) is 0 Å². The molecule has 0 saturated heterocycles. The fourth-order valence-corrected chi connectivity index (χ4v) is 2.39. The van der Waals surface area contributed by atoms with E-state index in [2.05, 4.69) is 12.1 Å². The Hall–Kier alpha value is -1.55. The Balaban J connectivity index is 2.94. The molecule has 0 radical (unpaired) electrons. The van der Waals surface area contributed by atoms with Crippen LogP contribution in [0.5, 0.6) is 5.75 Å². The third kappa shape index (κ3) is 5.05. The summed E-state index contributed by atoms with van der Waals surface area (Å²) in [7, 11) is 0. The molecule has 0 aromatic heterocycles. The first kappa shape index (κ1) is 17.5. The highest BCUT2D eigenvalue weighted by molar-refractivity contribution is 5.75. The largest absolute Gasteiger partial charge is 0.478 e. The molecular weight excluding hydrogens is 266 g/mol. The number of rotatable bonds is 7. The summed E-state index contributed by atoms with van der Waals surface area (Å²) in [4.78, 5) is 11.8. The molecule has 4 heteroatoms. The summed E-state index contributed by atoms with van der Waals surface area (Å²) in [5, 5.41) is 0. The van der Waals surface area contributed by atoms with Crippen molar-refractivity contribution in [2.45, 2.75) is 59.6 Å². The lowest BCUT2D eigenvalue weighted by Gasteiger charge is -2.20. The van der Waals surface area contributed by atoms with E-state index in [1.54, 1.807) is 6.92 Å². The second kappa shape index (κ2) is 8.03. The second-order valence-electron chi connectivity index (χ2n) is 5.51. The van der Waals surface area contributed by atoms with Gasteiger partial charge in [-0.25, -0.2) is 4.79 Å². The molecule has 21 heavy (non-hydrogen) atoms. The second-order valence-corrected chi connectivity index (χ2v) is 5.51. The van der Waals surface area contributed by atoms with E-state index in [0.717, 1.165) is 23.3 Å². The molecule has 0 aliphatic carbocycles. The molecule has 2 N–H and O–H groups in total. The van der Waals surface area contributed by atoms with Gasteiger partial charge in [-0.2, -0.15) is 0 Å². The summed E-state index contributed by atoms with van der Waals surface area (Å²) >= 11 is 0. The molecule has 4 nitrogen and oxygen atoms in total. The Kier molecular flexibility index (Phi) is 6.69. The first-order valence-corrected chi connectivity index (χ1v) is 7.58. The van der Waals surface area contributed by atoms with Gasteiger partial charge in [0.1, 0.15) is 5.75 Å². The maximum Gasteiger partial charge on any atom is 0.347 e. The highest BCUT2D eigenvalue weighted by Gasteiger charge is 2.21. The van der Waals surface area contributed by atoms with Crippen LogP contribution in [0.25, 0.3) is 0 Å². The summed E-state index contributed by atoms with van der Waals surface area (Å²) in [5.41, 5.74) is 9.08. The van der Waals surface area contributed by atoms with Crippen molar-refractivity contribution >= 4 is 5.97 Å². The molecule has 2 atom stereocenters. The highest BCUT2D eigenvalue weighted by atomic mass is 16.6. The van der Waals surface area contributed by atoms with Crippen LogP contribution in [-0.2, 0) is 16.0 Å². The van der Waals surface area contributed by atoms with Gasteiger partial charge in [-0.15, -0.1) is 0 Å². The summed E-state index contributed by atoms with van der Waals surface area (Å²) < 4.78 is 10.9. The average molecular weight is 293 g/mol. The summed E-state index contributed by atoms with van der Waals surface area (Å²) in [6.07, 6.45) is 0.859. The maximum atomic E-state index is 11.8. The van der Waals surface area contributed by atoms with E-state index < -0.39 is 6.10 Å². The van der Waals surface area contributed by atoms with Gasteiger partial charge in [-0.05, 0) is 57.2 Å². The van der Waals surface area contributed by atoms with Crippen molar-refractivity contribution in [3.05, 3.63) is 28.8 Å². The van der Waals surface area contributed by atoms with Crippen LogP contribution in [0.1, 0.15) is 43.9 Å². The van der Waals surface area contributed by atoms with Gasteiger partial charge in [-0.3, -0.25) is 0 Å². The van der Waals surface area contributed by atoms with Crippen LogP contribution in [0.4, 0.5) is 0 Å². The minimum Gasteiger partial charge on any atom is -0.478 e. The van der Waals surface area contributed by atoms with E-state index in [-0.39, 0.29) is 12.0 Å². The van der Waals surface area contributed by atoms with Crippen LogP contribution < -0.4 is 10.5 Å². The number of nitrogens with two attached hydrogens (primary N) is 1. The van der Waals surface area contributed by atoms with Gasteiger partial charge in [0.15, 0.2) is 6.10 Å². The van der Waals surface area contributed by atoms with Gasteiger partial charge in [0.05, 0.1) is 6.61 Å². The van der Waals surface area contributed by atoms with E-state index in [0.29, 0.717) is 13.0 Å². The fraction of sp³-hybridized carbons (Fsp3) is 0.588. The number of ether oxygens (including phenoxy) is 2. The molecule has 0 aliphatic rings. The first-order chi connectivity index (χ1) is 9.88. The van der Waals surface area contributed by atoms with E-state index in [4.69, 9.17) is 15.2 Å². The van der Waals surface area contributed by atoms with Crippen LogP contribution in [0.3, 0.4) is 0 Å². The normalized spacial score (nSPS) is 13.6. The Bertz CT molecular complexity index is 460. The predicted molar refractivity (Wildman–Crippen MR) is 84.6 cm³/mol. The standard InChI is InChI=1S/C17H27NO3/c1-6-15(17(19)20-7-2)21-16-11(3)8-14(9-12(16)4)10-13(5)18/h8-9,13,15H,6-7,10,18H2,1-5H3. The van der Waals surface area contributed by atoms with E-state index in [9.17, 15) is 4.79 Å². The zero-order valence-corrected chi connectivity index (χ0v) is 13.7. The highest BCUT2D eigenvalue weighted by Crippen LogP contribution is 2.27. The summed E-state index contributed by atoms with van der Waals surface area (Å²) in [5.74, 6) is 0.460. The lowest BCUT2D eigenvalue weighted by molar-refractivity contribution is -0.151. The van der Waals surface area contributed by atoms with Crippen molar-refractivity contribution in [1.82, 2.24) is 0 Å². The van der Waals surface area contributed by atoms with Gasteiger partial charge < -0.3 is 15.2 Å². The smallest absolute Gasteiger partial charge is 0.347 e. The van der Waals surface area contributed by atoms with Gasteiger partial charge in [0, 0.05) is 6.04 Å². The van der Waals surface area contributed by atoms with Crippen molar-refractivity contribution in [2.75, 3.05) is 6.61 Å². The molecule has 0 saturated carbocycles. The van der Waals surface area contributed by atoms with Crippen LogP contribution in [-0.4, -0.2) is 24.7 Å². The van der Waals surface area contributed by atoms with Crippen molar-refractivity contribution in [3.8, 4) is 5.75 Å². The van der Waals surface area contributed by atoms with Crippen molar-refractivity contribution in [1.29, 1.82) is 0 Å². The molecule has 1 aromatic carbocycles. The zero-order valence-electron chi connectivity index (χ0n) is 13.7. The molecule has 0 amide bonds. The minimum atomic E-state index is -0.554. The Morgan fingerprint density at radius 3 is 2.24 bits per heavy atom. The number of hydrogen-bond acceptors (Lipinski definition) is 4. The first-order valence-electron chi connectivity index (χ1n) is 7.58. The molecule has 0 fully saturated rings. The van der Waals surface area contributed by atoms with Crippen LogP contribution in [0, 0.1) is 13.8 Å². The molecule has 0 bridgehead atoms. The Morgan fingerprint density at radius 1 is 1.24 bits per heavy atom. The summed E-state index contributed by atoms with van der Waals surface area (Å²) in [6, 6.07) is 4.27. The summed E-state index contributed by atoms with van der Waals surface area (Å²) in [6.45, 7) is 10.0. The number of carbonyl (C=O) groups is 1. The Morgan fingerprint density at radius 2 is 1.81 bits per heavy atom. The zero-order chi connectivity index (χ0) is 16.0. The van der Waals surface area contributed by atoms with Crippen molar-refractivity contribution < 1.29 is 14.3 Å². The quantitative estimate of drug-likeness (QED) is 0.785. The van der Waals surface area contributed by atoms with E-state index in [1.807, 2.05) is 27.7 Å². The number of carbonyl (C=O) groups excluding carboxylic acids is 1. The minimum absolute atomic E-state index is 0.124. The third-order valence-electron chi connectivity index (χ3n) is 3.26. The lowest BCUT2D eigenvalue weighted by atomic mass is 10.0. The number of aryl methyl sites for hydroxylation is 2. The molecule has 1 rings (SSSR count). The average Bonchev–Trinajstić information content (AvgIpc) is 2.37. The predicted octanol–water partition coefficient (Wildman–Crippen LogP) is 2.91. The molecule has 0 heterocycles. The number of benzene rings is 1. The molecule has 118 valence electrons. The molecular formula is C17H27NO3. The molecule has 2 unspecified atom stereocenters. The topological polar surface area (TPSA) is 61.5 Å². The fourth-order valence-electron chi connectivity index (χ4n) is 2.39. The monoisotopic (exact) mass is 293 g/mol. The van der Waals surface area contributed by atoms with Crippen LogP contribution in [0.15, 0.2) is 12.1 Å². The third-order valence-corrected chi connectivity index (χ3v) is 3.26. The Labute approximate surface area is 127 Å². The van der Waals surface area contributed by atoms with Crippen molar-refractivity contribution in [3.63, 3.8) is 0 Å². The SMILES string of the molecule is CCOC(=O)C(CC)Oc1c(C)cc(CC(C)N)cc1C. The van der Waals surface area contributed by atoms with Crippen molar-refractivity contribution in [2.24, 2.45) is 5.73 Å². The number of esters is 1. The maximum absolute atomic E-state index is 11.8. The molecule has 1 aromatic rings. The van der Waals surface area contributed by atoms with Gasteiger partial charge in [0.2, 0.25) is 0 Å².